The van der Waals surface area contributed by atoms with Crippen LogP contribution in [0.1, 0.15) is 12.0 Å². The molecule has 1 saturated heterocycles. The van der Waals surface area contributed by atoms with Crippen molar-refractivity contribution >= 4 is 23.6 Å². The first-order chi connectivity index (χ1) is 8.62. The molecule has 1 amide bonds. The van der Waals surface area contributed by atoms with Crippen molar-refractivity contribution in [1.29, 1.82) is 0 Å². The van der Waals surface area contributed by atoms with Crippen molar-refractivity contribution in [3.63, 3.8) is 0 Å². The van der Waals surface area contributed by atoms with Crippen LogP contribution in [0.2, 0.25) is 0 Å². The standard InChI is InChI=1S/C13H15NO3S/c15-11(8-10-4-2-1-3-5-10)14-13(12(16)17)6-7-18-9-13/h1-5H,6-9H2,(H,14,15)(H,16,17). The Bertz CT molecular complexity index is 441. The third-order valence-corrected chi connectivity index (χ3v) is 4.21. The number of amides is 1. The molecule has 1 aromatic carbocycles. The van der Waals surface area contributed by atoms with E-state index in [1.807, 2.05) is 30.3 Å². The van der Waals surface area contributed by atoms with Gasteiger partial charge in [-0.1, -0.05) is 30.3 Å². The van der Waals surface area contributed by atoms with Crippen molar-refractivity contribution in [3.8, 4) is 0 Å². The second kappa shape index (κ2) is 5.44. The fourth-order valence-corrected chi connectivity index (χ4v) is 3.30. The van der Waals surface area contributed by atoms with Crippen LogP contribution in [-0.2, 0) is 16.0 Å². The van der Waals surface area contributed by atoms with Crippen LogP contribution in [0.25, 0.3) is 0 Å². The van der Waals surface area contributed by atoms with Gasteiger partial charge in [0, 0.05) is 5.75 Å². The molecular formula is C13H15NO3S. The molecule has 4 nitrogen and oxygen atoms in total. The lowest BCUT2D eigenvalue weighted by Gasteiger charge is -2.24. The van der Waals surface area contributed by atoms with Gasteiger partial charge in [0.15, 0.2) is 0 Å². The van der Waals surface area contributed by atoms with E-state index in [9.17, 15) is 14.7 Å². The van der Waals surface area contributed by atoms with Gasteiger partial charge >= 0.3 is 5.97 Å². The minimum absolute atomic E-state index is 0.223. The summed E-state index contributed by atoms with van der Waals surface area (Å²) >= 11 is 1.56. The molecule has 0 saturated carbocycles. The highest BCUT2D eigenvalue weighted by molar-refractivity contribution is 7.99. The molecule has 0 spiro atoms. The molecule has 1 atom stereocenters. The number of nitrogens with one attached hydrogen (secondary N) is 1. The maximum absolute atomic E-state index is 11.9. The van der Waals surface area contributed by atoms with Gasteiger partial charge in [0.2, 0.25) is 5.91 Å². The van der Waals surface area contributed by atoms with Crippen molar-refractivity contribution in [2.75, 3.05) is 11.5 Å². The average Bonchev–Trinajstić information content (AvgIpc) is 2.80. The smallest absolute Gasteiger partial charge is 0.330 e. The number of carbonyl (C=O) groups excluding carboxylic acids is 1. The van der Waals surface area contributed by atoms with Gasteiger partial charge in [-0.05, 0) is 17.7 Å². The second-order valence-electron chi connectivity index (χ2n) is 4.40. The molecule has 96 valence electrons. The van der Waals surface area contributed by atoms with E-state index in [0.717, 1.165) is 11.3 Å². The van der Waals surface area contributed by atoms with E-state index in [0.29, 0.717) is 12.2 Å². The number of carboxylic acid groups (broad SMARTS) is 1. The number of hydrogen-bond donors (Lipinski definition) is 2. The Morgan fingerprint density at radius 3 is 2.61 bits per heavy atom. The minimum atomic E-state index is -1.07. The van der Waals surface area contributed by atoms with E-state index in [4.69, 9.17) is 0 Å². The van der Waals surface area contributed by atoms with Crippen molar-refractivity contribution in [2.24, 2.45) is 0 Å². The molecule has 2 rings (SSSR count). The highest BCUT2D eigenvalue weighted by Gasteiger charge is 2.43. The Balaban J connectivity index is 2.00. The fraction of sp³-hybridized carbons (Fsp3) is 0.385. The first-order valence-corrected chi connectivity index (χ1v) is 6.94. The molecule has 5 heteroatoms. The molecule has 1 heterocycles. The van der Waals surface area contributed by atoms with Gasteiger partial charge in [0.05, 0.1) is 6.42 Å². The van der Waals surface area contributed by atoms with E-state index in [-0.39, 0.29) is 12.3 Å². The zero-order valence-electron chi connectivity index (χ0n) is 9.89. The van der Waals surface area contributed by atoms with E-state index < -0.39 is 11.5 Å². The summed E-state index contributed by atoms with van der Waals surface area (Å²) < 4.78 is 0. The molecule has 0 aliphatic carbocycles. The molecule has 1 aliphatic heterocycles. The van der Waals surface area contributed by atoms with Crippen molar-refractivity contribution < 1.29 is 14.7 Å². The predicted molar refractivity (Wildman–Crippen MR) is 70.6 cm³/mol. The van der Waals surface area contributed by atoms with E-state index in [1.54, 1.807) is 11.8 Å². The Hall–Kier alpha value is -1.49. The molecule has 1 fully saturated rings. The van der Waals surface area contributed by atoms with Crippen LogP contribution in [0.3, 0.4) is 0 Å². The predicted octanol–water partition coefficient (Wildman–Crippen LogP) is 1.31. The molecule has 0 radical (unpaired) electrons. The Morgan fingerprint density at radius 1 is 1.33 bits per heavy atom. The fourth-order valence-electron chi connectivity index (χ4n) is 1.98. The van der Waals surface area contributed by atoms with Gasteiger partial charge < -0.3 is 10.4 Å². The summed E-state index contributed by atoms with van der Waals surface area (Å²) in [6, 6.07) is 9.32. The lowest BCUT2D eigenvalue weighted by Crippen LogP contribution is -2.55. The van der Waals surface area contributed by atoms with Crippen LogP contribution in [0.15, 0.2) is 30.3 Å². The van der Waals surface area contributed by atoms with Gasteiger partial charge in [0.1, 0.15) is 5.54 Å². The normalized spacial score (nSPS) is 22.7. The summed E-state index contributed by atoms with van der Waals surface area (Å²) in [6.45, 7) is 0. The quantitative estimate of drug-likeness (QED) is 0.861. The number of aliphatic carboxylic acids is 1. The molecular weight excluding hydrogens is 250 g/mol. The van der Waals surface area contributed by atoms with Gasteiger partial charge in [-0.15, -0.1) is 0 Å². The van der Waals surface area contributed by atoms with E-state index in [1.165, 1.54) is 0 Å². The number of benzene rings is 1. The SMILES string of the molecule is O=C(Cc1ccccc1)NC1(C(=O)O)CCSC1. The van der Waals surface area contributed by atoms with Crippen LogP contribution in [-0.4, -0.2) is 34.0 Å². The molecule has 1 aliphatic rings. The van der Waals surface area contributed by atoms with E-state index in [2.05, 4.69) is 5.32 Å². The highest BCUT2D eigenvalue weighted by Crippen LogP contribution is 2.28. The summed E-state index contributed by atoms with van der Waals surface area (Å²) in [4.78, 5) is 23.2. The summed E-state index contributed by atoms with van der Waals surface area (Å²) in [5.41, 5.74) is -0.183. The molecule has 18 heavy (non-hydrogen) atoms. The molecule has 1 unspecified atom stereocenters. The minimum Gasteiger partial charge on any atom is -0.479 e. The van der Waals surface area contributed by atoms with Crippen LogP contribution in [0.5, 0.6) is 0 Å². The summed E-state index contributed by atoms with van der Waals surface area (Å²) in [5.74, 6) is 0.0563. The highest BCUT2D eigenvalue weighted by atomic mass is 32.2. The third-order valence-electron chi connectivity index (χ3n) is 3.02. The Kier molecular flexibility index (Phi) is 3.91. The molecule has 0 aromatic heterocycles. The topological polar surface area (TPSA) is 66.4 Å². The number of carboxylic acids is 1. The van der Waals surface area contributed by atoms with Gasteiger partial charge in [0.25, 0.3) is 0 Å². The van der Waals surface area contributed by atoms with Gasteiger partial charge in [-0.2, -0.15) is 11.8 Å². The third kappa shape index (κ3) is 2.85. The Morgan fingerprint density at radius 2 is 2.06 bits per heavy atom. The lowest BCUT2D eigenvalue weighted by molar-refractivity contribution is -0.146. The molecule has 2 N–H and O–H groups in total. The summed E-state index contributed by atoms with van der Waals surface area (Å²) in [5, 5.41) is 11.9. The monoisotopic (exact) mass is 265 g/mol. The van der Waals surface area contributed by atoms with Crippen LogP contribution >= 0.6 is 11.8 Å². The van der Waals surface area contributed by atoms with Crippen molar-refractivity contribution in [3.05, 3.63) is 35.9 Å². The number of carbonyl (C=O) groups is 2. The largest absolute Gasteiger partial charge is 0.479 e. The molecule has 0 bridgehead atoms. The van der Waals surface area contributed by atoms with Crippen molar-refractivity contribution in [1.82, 2.24) is 5.32 Å². The zero-order valence-corrected chi connectivity index (χ0v) is 10.7. The van der Waals surface area contributed by atoms with Crippen LogP contribution in [0.4, 0.5) is 0 Å². The lowest BCUT2D eigenvalue weighted by atomic mass is 9.98. The number of hydrogen-bond acceptors (Lipinski definition) is 3. The average molecular weight is 265 g/mol. The zero-order chi connectivity index (χ0) is 13.0. The van der Waals surface area contributed by atoms with Gasteiger partial charge in [-0.25, -0.2) is 4.79 Å². The first kappa shape index (κ1) is 13.0. The second-order valence-corrected chi connectivity index (χ2v) is 5.51. The van der Waals surface area contributed by atoms with Crippen LogP contribution < -0.4 is 5.32 Å². The number of thioether (sulfide) groups is 1. The summed E-state index contributed by atoms with van der Waals surface area (Å²) in [7, 11) is 0. The van der Waals surface area contributed by atoms with Crippen LogP contribution in [0, 0.1) is 0 Å². The summed E-state index contributed by atoms with van der Waals surface area (Å²) in [6.07, 6.45) is 0.716. The Labute approximate surface area is 110 Å². The number of rotatable bonds is 4. The maximum atomic E-state index is 11.9. The van der Waals surface area contributed by atoms with Crippen molar-refractivity contribution in [2.45, 2.75) is 18.4 Å². The van der Waals surface area contributed by atoms with Gasteiger partial charge in [-0.3, -0.25) is 4.79 Å². The van der Waals surface area contributed by atoms with E-state index >= 15 is 0 Å². The molecule has 1 aromatic rings. The maximum Gasteiger partial charge on any atom is 0.330 e. The first-order valence-electron chi connectivity index (χ1n) is 5.78.